The van der Waals surface area contributed by atoms with Crippen LogP contribution in [0.1, 0.15) is 9.67 Å². The standard InChI is InChI=1S/C19H13FN2O3S3/c1-28(24,25)13-6-7-14-17(10-13)27-19(21-14)22-18(23)16-9-8-15(26-16)11-2-4-12(20)5-3-11/h2-10H,1H3,(H,21,22,23). The highest BCUT2D eigenvalue weighted by molar-refractivity contribution is 7.90. The first-order valence-corrected chi connectivity index (χ1v) is 11.6. The molecule has 0 atom stereocenters. The number of nitrogens with zero attached hydrogens (tertiary/aromatic N) is 1. The van der Waals surface area contributed by atoms with Gasteiger partial charge in [-0.2, -0.15) is 0 Å². The summed E-state index contributed by atoms with van der Waals surface area (Å²) in [4.78, 5) is 18.4. The number of hydrogen-bond donors (Lipinski definition) is 1. The third kappa shape index (κ3) is 3.82. The van der Waals surface area contributed by atoms with Crippen LogP contribution in [0.15, 0.2) is 59.5 Å². The van der Waals surface area contributed by atoms with Crippen LogP contribution in [-0.4, -0.2) is 25.6 Å². The van der Waals surface area contributed by atoms with Crippen molar-refractivity contribution in [2.24, 2.45) is 0 Å². The van der Waals surface area contributed by atoms with Crippen molar-refractivity contribution in [1.29, 1.82) is 0 Å². The number of rotatable bonds is 4. The zero-order valence-electron chi connectivity index (χ0n) is 14.5. The van der Waals surface area contributed by atoms with E-state index in [4.69, 9.17) is 0 Å². The van der Waals surface area contributed by atoms with Gasteiger partial charge in [0.1, 0.15) is 5.82 Å². The number of thiazole rings is 1. The van der Waals surface area contributed by atoms with E-state index in [1.807, 2.05) is 6.07 Å². The second-order valence-corrected chi connectivity index (χ2v) is 10.2. The molecule has 5 nitrogen and oxygen atoms in total. The Morgan fingerprint density at radius 3 is 2.50 bits per heavy atom. The molecule has 2 aromatic carbocycles. The van der Waals surface area contributed by atoms with Gasteiger partial charge in [0.05, 0.1) is 20.0 Å². The average molecular weight is 433 g/mol. The van der Waals surface area contributed by atoms with Crippen LogP contribution in [0.4, 0.5) is 9.52 Å². The smallest absolute Gasteiger partial charge is 0.267 e. The van der Waals surface area contributed by atoms with E-state index >= 15 is 0 Å². The summed E-state index contributed by atoms with van der Waals surface area (Å²) in [7, 11) is -3.31. The van der Waals surface area contributed by atoms with Gasteiger partial charge >= 0.3 is 0 Å². The Kier molecular flexibility index (Phi) is 4.74. The SMILES string of the molecule is CS(=O)(=O)c1ccc2nc(NC(=O)c3ccc(-c4ccc(F)cc4)s3)sc2c1. The minimum atomic E-state index is -3.31. The average Bonchev–Trinajstić information content (AvgIpc) is 3.27. The number of sulfone groups is 1. The highest BCUT2D eigenvalue weighted by Gasteiger charge is 2.15. The topological polar surface area (TPSA) is 76.1 Å². The Labute approximate surface area is 168 Å². The lowest BCUT2D eigenvalue weighted by atomic mass is 10.2. The van der Waals surface area contributed by atoms with E-state index in [2.05, 4.69) is 10.3 Å². The van der Waals surface area contributed by atoms with Gasteiger partial charge in [-0.15, -0.1) is 11.3 Å². The molecule has 28 heavy (non-hydrogen) atoms. The van der Waals surface area contributed by atoms with Crippen molar-refractivity contribution < 1.29 is 17.6 Å². The number of hydrogen-bond acceptors (Lipinski definition) is 6. The van der Waals surface area contributed by atoms with Crippen molar-refractivity contribution >= 4 is 53.8 Å². The van der Waals surface area contributed by atoms with Crippen molar-refractivity contribution in [1.82, 2.24) is 4.98 Å². The molecule has 0 aliphatic carbocycles. The number of thiophene rings is 1. The first-order chi connectivity index (χ1) is 13.3. The maximum atomic E-state index is 13.1. The zero-order valence-corrected chi connectivity index (χ0v) is 16.9. The molecular weight excluding hydrogens is 419 g/mol. The Bertz CT molecular complexity index is 1290. The normalized spacial score (nSPS) is 11.6. The summed E-state index contributed by atoms with van der Waals surface area (Å²) in [6, 6.07) is 14.3. The van der Waals surface area contributed by atoms with Crippen LogP contribution in [0.3, 0.4) is 0 Å². The monoisotopic (exact) mass is 432 g/mol. The van der Waals surface area contributed by atoms with Crippen LogP contribution < -0.4 is 5.32 Å². The molecule has 0 unspecified atom stereocenters. The van der Waals surface area contributed by atoms with Gasteiger partial charge in [0.15, 0.2) is 15.0 Å². The van der Waals surface area contributed by atoms with Gasteiger partial charge in [0, 0.05) is 11.1 Å². The predicted octanol–water partition coefficient (Wildman–Crippen LogP) is 4.82. The second kappa shape index (κ2) is 7.08. The molecule has 1 amide bonds. The van der Waals surface area contributed by atoms with Crippen molar-refractivity contribution in [3.05, 3.63) is 65.3 Å². The fourth-order valence-corrected chi connectivity index (χ4v) is 5.11. The molecule has 0 radical (unpaired) electrons. The van der Waals surface area contributed by atoms with Crippen molar-refractivity contribution in [3.63, 3.8) is 0 Å². The quantitative estimate of drug-likeness (QED) is 0.502. The molecule has 0 saturated carbocycles. The van der Waals surface area contributed by atoms with Crippen LogP contribution in [0.2, 0.25) is 0 Å². The summed E-state index contributed by atoms with van der Waals surface area (Å²) in [5.41, 5.74) is 1.45. The van der Waals surface area contributed by atoms with E-state index in [1.54, 1.807) is 30.3 Å². The van der Waals surface area contributed by atoms with Gasteiger partial charge in [-0.25, -0.2) is 17.8 Å². The van der Waals surface area contributed by atoms with Crippen LogP contribution in [0.25, 0.3) is 20.7 Å². The summed E-state index contributed by atoms with van der Waals surface area (Å²) < 4.78 is 37.1. The minimum absolute atomic E-state index is 0.212. The number of carbonyl (C=O) groups excluding carboxylic acids is 1. The molecule has 0 fully saturated rings. The lowest BCUT2D eigenvalue weighted by molar-refractivity contribution is 0.103. The molecule has 4 rings (SSSR count). The van der Waals surface area contributed by atoms with Crippen LogP contribution in [-0.2, 0) is 9.84 Å². The molecule has 142 valence electrons. The molecular formula is C19H13FN2O3S3. The number of halogens is 1. The van der Waals surface area contributed by atoms with E-state index < -0.39 is 9.84 Å². The summed E-state index contributed by atoms with van der Waals surface area (Å²) in [6.45, 7) is 0. The van der Waals surface area contributed by atoms with Gasteiger partial charge in [-0.3, -0.25) is 10.1 Å². The molecule has 0 aliphatic rings. The molecule has 4 aromatic rings. The van der Waals surface area contributed by atoms with Gasteiger partial charge < -0.3 is 0 Å². The Hall–Kier alpha value is -2.62. The molecule has 2 aromatic heterocycles. The lowest BCUT2D eigenvalue weighted by Crippen LogP contribution is -2.09. The Morgan fingerprint density at radius 1 is 1.04 bits per heavy atom. The van der Waals surface area contributed by atoms with Gasteiger partial charge in [0.25, 0.3) is 5.91 Å². The van der Waals surface area contributed by atoms with Crippen LogP contribution in [0, 0.1) is 5.82 Å². The third-order valence-electron chi connectivity index (χ3n) is 3.97. The minimum Gasteiger partial charge on any atom is -0.297 e. The summed E-state index contributed by atoms with van der Waals surface area (Å²) in [5, 5.41) is 3.14. The summed E-state index contributed by atoms with van der Waals surface area (Å²) >= 11 is 2.51. The number of anilines is 1. The molecule has 0 spiro atoms. The van der Waals surface area contributed by atoms with Crippen molar-refractivity contribution in [2.45, 2.75) is 4.90 Å². The fraction of sp³-hybridized carbons (Fsp3) is 0.0526. The summed E-state index contributed by atoms with van der Waals surface area (Å²) in [6.07, 6.45) is 1.15. The number of carbonyl (C=O) groups is 1. The fourth-order valence-electron chi connectivity index (χ4n) is 2.58. The molecule has 1 N–H and O–H groups in total. The van der Waals surface area contributed by atoms with E-state index in [-0.39, 0.29) is 16.6 Å². The van der Waals surface area contributed by atoms with E-state index in [1.165, 1.54) is 40.9 Å². The Morgan fingerprint density at radius 2 is 1.79 bits per heavy atom. The maximum Gasteiger partial charge on any atom is 0.267 e. The first kappa shape index (κ1) is 18.7. The summed E-state index contributed by atoms with van der Waals surface area (Å²) in [5.74, 6) is -0.617. The highest BCUT2D eigenvalue weighted by Crippen LogP contribution is 2.31. The zero-order chi connectivity index (χ0) is 19.9. The van der Waals surface area contributed by atoms with E-state index in [0.29, 0.717) is 20.2 Å². The van der Waals surface area contributed by atoms with Gasteiger partial charge in [0.2, 0.25) is 0 Å². The second-order valence-electron chi connectivity index (χ2n) is 6.05. The van der Waals surface area contributed by atoms with E-state index in [0.717, 1.165) is 16.7 Å². The number of amides is 1. The molecule has 0 saturated heterocycles. The van der Waals surface area contributed by atoms with Crippen LogP contribution >= 0.6 is 22.7 Å². The first-order valence-electron chi connectivity index (χ1n) is 8.07. The van der Waals surface area contributed by atoms with E-state index in [9.17, 15) is 17.6 Å². The van der Waals surface area contributed by atoms with Crippen molar-refractivity contribution in [2.75, 3.05) is 11.6 Å². The molecule has 9 heteroatoms. The largest absolute Gasteiger partial charge is 0.297 e. The molecule has 2 heterocycles. The number of nitrogens with one attached hydrogen (secondary N) is 1. The molecule has 0 aliphatic heterocycles. The number of aromatic nitrogens is 1. The highest BCUT2D eigenvalue weighted by atomic mass is 32.2. The Balaban J connectivity index is 1.56. The van der Waals surface area contributed by atoms with Gasteiger partial charge in [-0.1, -0.05) is 23.5 Å². The van der Waals surface area contributed by atoms with Crippen LogP contribution in [0.5, 0.6) is 0 Å². The lowest BCUT2D eigenvalue weighted by Gasteiger charge is -1.98. The van der Waals surface area contributed by atoms with Crippen molar-refractivity contribution in [3.8, 4) is 10.4 Å². The third-order valence-corrected chi connectivity index (χ3v) is 7.14. The predicted molar refractivity (Wildman–Crippen MR) is 110 cm³/mol. The van der Waals surface area contributed by atoms with Gasteiger partial charge in [-0.05, 0) is 48.0 Å². The number of fused-ring (bicyclic) bond motifs is 1. The maximum absolute atomic E-state index is 13.1. The molecule has 0 bridgehead atoms. The number of benzene rings is 2.